The quantitative estimate of drug-likeness (QED) is 0.914. The summed E-state index contributed by atoms with van der Waals surface area (Å²) >= 11 is 1.38. The lowest BCUT2D eigenvalue weighted by Crippen LogP contribution is -2.46. The van der Waals surface area contributed by atoms with E-state index in [1.54, 1.807) is 12.4 Å². The number of rotatable bonds is 4. The summed E-state index contributed by atoms with van der Waals surface area (Å²) in [4.78, 5) is 12.9. The smallest absolute Gasteiger partial charge is 0.409 e. The molecule has 1 aliphatic heterocycles. The van der Waals surface area contributed by atoms with E-state index < -0.39 is 12.3 Å². The summed E-state index contributed by atoms with van der Waals surface area (Å²) in [6.45, 7) is 3.19. The van der Waals surface area contributed by atoms with Gasteiger partial charge in [0.2, 0.25) is 5.13 Å². The minimum atomic E-state index is -1.04. The van der Waals surface area contributed by atoms with Gasteiger partial charge in [-0.3, -0.25) is 0 Å². The predicted octanol–water partition coefficient (Wildman–Crippen LogP) is 1.77. The number of likely N-dealkylation sites (tertiary alicyclic amines) is 1. The minimum Gasteiger partial charge on any atom is -0.450 e. The minimum absolute atomic E-state index is 0.0985. The summed E-state index contributed by atoms with van der Waals surface area (Å²) in [6, 6.07) is 0. The second-order valence-electron chi connectivity index (χ2n) is 4.33. The summed E-state index contributed by atoms with van der Waals surface area (Å²) in [5.74, 6) is -0.116. The fourth-order valence-electron chi connectivity index (χ4n) is 2.03. The van der Waals surface area contributed by atoms with E-state index in [-0.39, 0.29) is 12.5 Å². The maximum atomic E-state index is 14.0. The van der Waals surface area contributed by atoms with Gasteiger partial charge in [-0.2, -0.15) is 0 Å². The van der Waals surface area contributed by atoms with Crippen molar-refractivity contribution >= 4 is 22.6 Å². The molecule has 8 heteroatoms. The van der Waals surface area contributed by atoms with Crippen LogP contribution in [0.25, 0.3) is 0 Å². The van der Waals surface area contributed by atoms with E-state index in [0.717, 1.165) is 0 Å². The maximum Gasteiger partial charge on any atom is 0.409 e. The number of amides is 1. The third-order valence-corrected chi connectivity index (χ3v) is 3.73. The summed E-state index contributed by atoms with van der Waals surface area (Å²) in [7, 11) is 0. The van der Waals surface area contributed by atoms with Crippen molar-refractivity contribution < 1.29 is 13.9 Å². The Morgan fingerprint density at radius 3 is 3.21 bits per heavy atom. The normalized spacial score (nSPS) is 23.2. The van der Waals surface area contributed by atoms with Crippen LogP contribution in [-0.4, -0.2) is 53.6 Å². The van der Waals surface area contributed by atoms with E-state index >= 15 is 0 Å². The lowest BCUT2D eigenvalue weighted by atomic mass is 9.95. The van der Waals surface area contributed by atoms with Gasteiger partial charge in [0.25, 0.3) is 0 Å². The van der Waals surface area contributed by atoms with Gasteiger partial charge in [0, 0.05) is 19.0 Å². The van der Waals surface area contributed by atoms with Crippen LogP contribution in [0.5, 0.6) is 0 Å². The topological polar surface area (TPSA) is 67.3 Å². The zero-order chi connectivity index (χ0) is 13.7. The Balaban J connectivity index is 1.78. The number of carbonyl (C=O) groups is 1. The number of nitrogens with zero attached hydrogens (tertiary/aromatic N) is 3. The second kappa shape index (κ2) is 6.65. The molecule has 2 rings (SSSR count). The number of hydrogen-bond acceptors (Lipinski definition) is 6. The van der Waals surface area contributed by atoms with Gasteiger partial charge in [0.05, 0.1) is 13.2 Å². The first-order chi connectivity index (χ1) is 9.20. The highest BCUT2D eigenvalue weighted by molar-refractivity contribution is 7.13. The molecule has 1 amide bonds. The van der Waals surface area contributed by atoms with Gasteiger partial charge < -0.3 is 15.0 Å². The van der Waals surface area contributed by atoms with E-state index in [1.807, 2.05) is 0 Å². The molecule has 2 heterocycles. The molecule has 1 aromatic heterocycles. The van der Waals surface area contributed by atoms with Crippen molar-refractivity contribution in [2.24, 2.45) is 5.92 Å². The average Bonchev–Trinajstić information content (AvgIpc) is 2.90. The number of anilines is 1. The Bertz CT molecular complexity index is 403. The molecule has 1 aromatic rings. The van der Waals surface area contributed by atoms with E-state index in [1.165, 1.54) is 16.2 Å². The highest BCUT2D eigenvalue weighted by Crippen LogP contribution is 2.22. The monoisotopic (exact) mass is 288 g/mol. The molecule has 0 saturated carbocycles. The van der Waals surface area contributed by atoms with Crippen molar-refractivity contribution in [3.05, 3.63) is 5.51 Å². The van der Waals surface area contributed by atoms with Gasteiger partial charge >= 0.3 is 6.09 Å². The lowest BCUT2D eigenvalue weighted by molar-refractivity contribution is 0.0606. The Kier molecular flexibility index (Phi) is 4.89. The van der Waals surface area contributed by atoms with E-state index in [0.29, 0.717) is 31.2 Å². The van der Waals surface area contributed by atoms with Crippen LogP contribution in [0, 0.1) is 5.92 Å². The van der Waals surface area contributed by atoms with Gasteiger partial charge in [-0.15, -0.1) is 10.2 Å². The molecule has 0 radical (unpaired) electrons. The number of halogens is 1. The molecule has 0 aliphatic carbocycles. The third kappa shape index (κ3) is 3.76. The van der Waals surface area contributed by atoms with Gasteiger partial charge in [0.1, 0.15) is 11.7 Å². The Morgan fingerprint density at radius 2 is 2.58 bits per heavy atom. The molecule has 1 fully saturated rings. The summed E-state index contributed by atoms with van der Waals surface area (Å²) in [6.07, 6.45) is -0.856. The molecule has 0 spiro atoms. The Hall–Kier alpha value is -1.44. The molecule has 19 heavy (non-hydrogen) atoms. The van der Waals surface area contributed by atoms with Crippen LogP contribution in [0.2, 0.25) is 0 Å². The summed E-state index contributed by atoms with van der Waals surface area (Å²) < 4.78 is 18.9. The molecule has 1 aliphatic rings. The zero-order valence-corrected chi connectivity index (χ0v) is 11.5. The summed E-state index contributed by atoms with van der Waals surface area (Å²) in [5.41, 5.74) is 1.62. The molecular weight excluding hydrogens is 271 g/mol. The SMILES string of the molecule is CCOC(=O)N1CCC(CNc2nncs2)C(F)C1. The highest BCUT2D eigenvalue weighted by atomic mass is 32.1. The average molecular weight is 288 g/mol. The zero-order valence-electron chi connectivity index (χ0n) is 10.7. The molecule has 2 atom stereocenters. The van der Waals surface area contributed by atoms with Crippen LogP contribution in [0.4, 0.5) is 14.3 Å². The van der Waals surface area contributed by atoms with E-state index in [9.17, 15) is 9.18 Å². The van der Waals surface area contributed by atoms with Gasteiger partial charge in [-0.05, 0) is 13.3 Å². The number of carbonyl (C=O) groups excluding carboxylic acids is 1. The molecular formula is C11H17FN4O2S. The van der Waals surface area contributed by atoms with Crippen LogP contribution in [-0.2, 0) is 4.74 Å². The first-order valence-corrected chi connectivity index (χ1v) is 7.14. The van der Waals surface area contributed by atoms with Crippen LogP contribution >= 0.6 is 11.3 Å². The first kappa shape index (κ1) is 14.0. The van der Waals surface area contributed by atoms with Crippen molar-refractivity contribution in [1.82, 2.24) is 15.1 Å². The number of ether oxygens (including phenoxy) is 1. The fraction of sp³-hybridized carbons (Fsp3) is 0.727. The van der Waals surface area contributed by atoms with E-state index in [2.05, 4.69) is 15.5 Å². The fourth-order valence-corrected chi connectivity index (χ4v) is 2.49. The molecule has 0 aromatic carbocycles. The van der Waals surface area contributed by atoms with Gasteiger partial charge in [-0.25, -0.2) is 9.18 Å². The van der Waals surface area contributed by atoms with E-state index in [4.69, 9.17) is 4.74 Å². The number of hydrogen-bond donors (Lipinski definition) is 1. The van der Waals surface area contributed by atoms with Crippen LogP contribution in [0.3, 0.4) is 0 Å². The standard InChI is InChI=1S/C11H17FN4O2S/c1-2-18-11(17)16-4-3-8(9(12)6-16)5-13-10-15-14-7-19-10/h7-9H,2-6H2,1H3,(H,13,15). The Labute approximate surface area is 115 Å². The molecule has 0 bridgehead atoms. The van der Waals surface area contributed by atoms with Crippen molar-refractivity contribution in [3.8, 4) is 0 Å². The van der Waals surface area contributed by atoms with Crippen molar-refractivity contribution in [2.45, 2.75) is 19.5 Å². The van der Waals surface area contributed by atoms with Crippen molar-refractivity contribution in [1.29, 1.82) is 0 Å². The third-order valence-electron chi connectivity index (χ3n) is 3.08. The predicted molar refractivity (Wildman–Crippen MR) is 70.0 cm³/mol. The van der Waals surface area contributed by atoms with Crippen LogP contribution < -0.4 is 5.32 Å². The number of nitrogens with one attached hydrogen (secondary N) is 1. The molecule has 1 saturated heterocycles. The molecule has 1 N–H and O–H groups in total. The van der Waals surface area contributed by atoms with Crippen molar-refractivity contribution in [2.75, 3.05) is 31.6 Å². The van der Waals surface area contributed by atoms with Crippen LogP contribution in [0.15, 0.2) is 5.51 Å². The summed E-state index contributed by atoms with van der Waals surface area (Å²) in [5, 5.41) is 11.3. The maximum absolute atomic E-state index is 14.0. The van der Waals surface area contributed by atoms with Gasteiger partial charge in [-0.1, -0.05) is 11.3 Å². The molecule has 6 nitrogen and oxygen atoms in total. The number of aromatic nitrogens is 2. The van der Waals surface area contributed by atoms with Crippen molar-refractivity contribution in [3.63, 3.8) is 0 Å². The number of alkyl halides is 1. The molecule has 106 valence electrons. The van der Waals surface area contributed by atoms with Gasteiger partial charge in [0.15, 0.2) is 0 Å². The second-order valence-corrected chi connectivity index (χ2v) is 5.17. The lowest BCUT2D eigenvalue weighted by Gasteiger charge is -2.33. The Morgan fingerprint density at radius 1 is 1.74 bits per heavy atom. The van der Waals surface area contributed by atoms with Crippen LogP contribution in [0.1, 0.15) is 13.3 Å². The number of piperidine rings is 1. The first-order valence-electron chi connectivity index (χ1n) is 6.26. The molecule has 2 unspecified atom stereocenters. The largest absolute Gasteiger partial charge is 0.450 e. The highest BCUT2D eigenvalue weighted by Gasteiger charge is 2.32.